The van der Waals surface area contributed by atoms with E-state index in [2.05, 4.69) is 4.98 Å². The molecule has 2 unspecified atom stereocenters. The number of aryl methyl sites for hydroxylation is 1. The number of hydrogen-bond acceptors (Lipinski definition) is 4. The van der Waals surface area contributed by atoms with Gasteiger partial charge in [0, 0.05) is 12.6 Å². The Labute approximate surface area is 146 Å². The number of piperidine rings is 1. The molecule has 1 amide bonds. The minimum atomic E-state index is -0.748. The van der Waals surface area contributed by atoms with Crippen LogP contribution < -0.4 is 0 Å². The lowest BCUT2D eigenvalue weighted by Crippen LogP contribution is -2.48. The van der Waals surface area contributed by atoms with E-state index >= 15 is 0 Å². The second-order valence-electron chi connectivity index (χ2n) is 7.51. The maximum absolute atomic E-state index is 13.4. The molecule has 1 aromatic heterocycles. The molecule has 0 bridgehead atoms. The number of carbonyl (C=O) groups is 1. The molecule has 1 fully saturated rings. The summed E-state index contributed by atoms with van der Waals surface area (Å²) in [6.45, 7) is 7.96. The van der Waals surface area contributed by atoms with Crippen LogP contribution in [-0.2, 0) is 4.74 Å². The monoisotopic (exact) mass is 349 g/mol. The quantitative estimate of drug-likeness (QED) is 0.859. The van der Waals surface area contributed by atoms with Gasteiger partial charge >= 0.3 is 6.09 Å². The number of benzene rings is 1. The summed E-state index contributed by atoms with van der Waals surface area (Å²) in [4.78, 5) is 18.1. The smallest absolute Gasteiger partial charge is 0.410 e. The molecule has 0 saturated carbocycles. The van der Waals surface area contributed by atoms with Crippen molar-refractivity contribution in [2.75, 3.05) is 13.1 Å². The molecule has 1 N–H and O–H groups in total. The van der Waals surface area contributed by atoms with Crippen LogP contribution in [0.15, 0.2) is 18.2 Å². The van der Waals surface area contributed by atoms with Crippen LogP contribution in [0.3, 0.4) is 0 Å². The van der Waals surface area contributed by atoms with E-state index < -0.39 is 17.8 Å². The number of aliphatic hydroxyl groups is 1. The first-order valence-electron chi connectivity index (χ1n) is 8.46. The topological polar surface area (TPSA) is 67.6 Å². The average Bonchev–Trinajstić information content (AvgIpc) is 2.80. The second kappa shape index (κ2) is 6.29. The third-order valence-electron chi connectivity index (χ3n) is 4.36. The van der Waals surface area contributed by atoms with Crippen molar-refractivity contribution in [2.45, 2.75) is 51.9 Å². The molecule has 1 aromatic carbocycles. The number of β-amino-alcohol motifs (C(OH)–C–C–N with tert-alkyl or cyclic N) is 1. The molecule has 1 saturated heterocycles. The molecule has 0 spiro atoms. The Morgan fingerprint density at radius 3 is 2.76 bits per heavy atom. The van der Waals surface area contributed by atoms with Crippen molar-refractivity contribution in [3.63, 3.8) is 0 Å². The van der Waals surface area contributed by atoms with Crippen LogP contribution in [0.1, 0.15) is 39.1 Å². The van der Waals surface area contributed by atoms with Crippen molar-refractivity contribution in [1.29, 1.82) is 0 Å². The number of nitrogens with zero attached hydrogens (tertiary/aromatic N) is 3. The van der Waals surface area contributed by atoms with Gasteiger partial charge in [-0.1, -0.05) is 0 Å². The molecule has 1 aliphatic heterocycles. The number of aromatic nitrogens is 2. The first-order chi connectivity index (χ1) is 11.7. The number of ether oxygens (including phenoxy) is 1. The van der Waals surface area contributed by atoms with E-state index in [-0.39, 0.29) is 18.4 Å². The average molecular weight is 349 g/mol. The number of fused-ring (bicyclic) bond motifs is 1. The van der Waals surface area contributed by atoms with Gasteiger partial charge in [-0.05, 0) is 46.2 Å². The number of halogens is 1. The van der Waals surface area contributed by atoms with Gasteiger partial charge in [-0.25, -0.2) is 14.2 Å². The lowest BCUT2D eigenvalue weighted by atomic mass is 10.0. The molecule has 7 heteroatoms. The fraction of sp³-hybridized carbons (Fsp3) is 0.556. The molecule has 25 heavy (non-hydrogen) atoms. The largest absolute Gasteiger partial charge is 0.444 e. The van der Waals surface area contributed by atoms with Crippen molar-refractivity contribution in [3.05, 3.63) is 29.8 Å². The fourth-order valence-electron chi connectivity index (χ4n) is 3.32. The van der Waals surface area contributed by atoms with E-state index in [9.17, 15) is 14.3 Å². The molecule has 136 valence electrons. The Morgan fingerprint density at radius 1 is 1.40 bits per heavy atom. The molecule has 6 nitrogen and oxygen atoms in total. The number of hydrogen-bond donors (Lipinski definition) is 1. The van der Waals surface area contributed by atoms with Gasteiger partial charge in [0.2, 0.25) is 0 Å². The summed E-state index contributed by atoms with van der Waals surface area (Å²) in [6, 6.07) is 4.25. The van der Waals surface area contributed by atoms with Gasteiger partial charge < -0.3 is 19.3 Å². The molecule has 0 radical (unpaired) electrons. The zero-order valence-electron chi connectivity index (χ0n) is 15.0. The van der Waals surface area contributed by atoms with Crippen LogP contribution >= 0.6 is 0 Å². The number of likely N-dealkylation sites (tertiary alicyclic amines) is 1. The molecule has 1 aliphatic rings. The van der Waals surface area contributed by atoms with Gasteiger partial charge in [0.25, 0.3) is 0 Å². The standard InChI is InChI=1S/C18H24FN3O3/c1-11-20-13-9-12(19)5-6-14(13)22(11)15-7-8-21(10-16(15)23)17(24)25-18(2,3)4/h5-6,9,15-16,23H,7-8,10H2,1-4H3. The minimum absolute atomic E-state index is 0.194. The molecular formula is C18H24FN3O3. The summed E-state index contributed by atoms with van der Waals surface area (Å²) < 4.78 is 20.7. The Balaban J connectivity index is 1.81. The van der Waals surface area contributed by atoms with E-state index in [1.54, 1.807) is 6.07 Å². The van der Waals surface area contributed by atoms with E-state index in [1.807, 2.05) is 32.3 Å². The van der Waals surface area contributed by atoms with Crippen molar-refractivity contribution in [1.82, 2.24) is 14.5 Å². The summed E-state index contributed by atoms with van der Waals surface area (Å²) in [7, 11) is 0. The SMILES string of the molecule is Cc1nc2cc(F)ccc2n1C1CCN(C(=O)OC(C)(C)C)CC1O. The summed E-state index contributed by atoms with van der Waals surface area (Å²) >= 11 is 0. The molecule has 3 rings (SSSR count). The number of imidazole rings is 1. The van der Waals surface area contributed by atoms with Crippen LogP contribution in [0, 0.1) is 12.7 Å². The lowest BCUT2D eigenvalue weighted by Gasteiger charge is -2.37. The molecule has 2 aromatic rings. The first-order valence-corrected chi connectivity index (χ1v) is 8.46. The van der Waals surface area contributed by atoms with Gasteiger partial charge in [-0.15, -0.1) is 0 Å². The maximum Gasteiger partial charge on any atom is 0.410 e. The zero-order valence-corrected chi connectivity index (χ0v) is 15.0. The van der Waals surface area contributed by atoms with Gasteiger partial charge in [0.05, 0.1) is 29.7 Å². The summed E-state index contributed by atoms with van der Waals surface area (Å²) in [5.41, 5.74) is 0.785. The Morgan fingerprint density at radius 2 is 2.12 bits per heavy atom. The highest BCUT2D eigenvalue weighted by molar-refractivity contribution is 5.76. The molecule has 0 aliphatic carbocycles. The number of amides is 1. The Bertz CT molecular complexity index is 797. The van der Waals surface area contributed by atoms with Crippen molar-refractivity contribution in [2.24, 2.45) is 0 Å². The van der Waals surface area contributed by atoms with E-state index in [0.717, 1.165) is 11.3 Å². The Hall–Kier alpha value is -2.15. The highest BCUT2D eigenvalue weighted by Crippen LogP contribution is 2.30. The van der Waals surface area contributed by atoms with Crippen LogP contribution in [0.2, 0.25) is 0 Å². The first kappa shape index (κ1) is 17.7. The van der Waals surface area contributed by atoms with Crippen LogP contribution in [0.4, 0.5) is 9.18 Å². The van der Waals surface area contributed by atoms with Crippen LogP contribution in [0.25, 0.3) is 11.0 Å². The van der Waals surface area contributed by atoms with Gasteiger partial charge in [0.15, 0.2) is 0 Å². The van der Waals surface area contributed by atoms with Gasteiger partial charge in [-0.2, -0.15) is 0 Å². The van der Waals surface area contributed by atoms with Gasteiger partial charge in [0.1, 0.15) is 17.2 Å². The summed E-state index contributed by atoms with van der Waals surface area (Å²) in [5, 5.41) is 10.6. The van der Waals surface area contributed by atoms with Crippen molar-refractivity contribution < 1.29 is 19.0 Å². The number of carbonyl (C=O) groups excluding carboxylic acids is 1. The summed E-state index contributed by atoms with van der Waals surface area (Å²) in [6.07, 6.45) is -0.592. The van der Waals surface area contributed by atoms with Crippen LogP contribution in [0.5, 0.6) is 0 Å². The lowest BCUT2D eigenvalue weighted by molar-refractivity contribution is -0.00965. The fourth-order valence-corrected chi connectivity index (χ4v) is 3.32. The number of rotatable bonds is 1. The van der Waals surface area contributed by atoms with E-state index in [0.29, 0.717) is 18.5 Å². The highest BCUT2D eigenvalue weighted by atomic mass is 19.1. The minimum Gasteiger partial charge on any atom is -0.444 e. The molecule has 2 heterocycles. The van der Waals surface area contributed by atoms with E-state index in [4.69, 9.17) is 4.74 Å². The third-order valence-corrected chi connectivity index (χ3v) is 4.36. The third kappa shape index (κ3) is 3.61. The molecular weight excluding hydrogens is 325 g/mol. The van der Waals surface area contributed by atoms with Crippen LogP contribution in [-0.4, -0.2) is 50.4 Å². The van der Waals surface area contributed by atoms with Crippen molar-refractivity contribution in [3.8, 4) is 0 Å². The number of aliphatic hydroxyl groups excluding tert-OH is 1. The predicted molar refractivity (Wildman–Crippen MR) is 91.9 cm³/mol. The summed E-state index contributed by atoms with van der Waals surface area (Å²) in [5.74, 6) is 0.382. The van der Waals surface area contributed by atoms with E-state index in [1.165, 1.54) is 17.0 Å². The maximum atomic E-state index is 13.4. The van der Waals surface area contributed by atoms with Crippen molar-refractivity contribution >= 4 is 17.1 Å². The highest BCUT2D eigenvalue weighted by Gasteiger charge is 2.34. The Kier molecular flexibility index (Phi) is 4.45. The molecule has 2 atom stereocenters. The second-order valence-corrected chi connectivity index (χ2v) is 7.51. The van der Waals surface area contributed by atoms with Gasteiger partial charge in [-0.3, -0.25) is 0 Å². The normalized spacial score (nSPS) is 21.6. The predicted octanol–water partition coefficient (Wildman–Crippen LogP) is 3.03. The zero-order chi connectivity index (χ0) is 18.4.